The van der Waals surface area contributed by atoms with Crippen LogP contribution in [0.15, 0.2) is 39.7 Å². The summed E-state index contributed by atoms with van der Waals surface area (Å²) in [5.41, 5.74) is 6.85. The molecule has 0 bridgehead atoms. The van der Waals surface area contributed by atoms with E-state index in [0.29, 0.717) is 25.8 Å². The first-order valence-electron chi connectivity index (χ1n) is 5.74. The molecule has 4 nitrogen and oxygen atoms in total. The Morgan fingerprint density at radius 3 is 2.48 bits per heavy atom. The SMILES string of the molecule is Cc1cc(S(=O)(=O)Nc2cc(Cl)ccc2Br)cc(N)c1Cl. The van der Waals surface area contributed by atoms with Crippen LogP contribution in [0.1, 0.15) is 5.56 Å². The maximum absolute atomic E-state index is 12.4. The second kappa shape index (κ2) is 6.04. The minimum absolute atomic E-state index is 0.0359. The zero-order chi connectivity index (χ0) is 15.8. The molecule has 2 rings (SSSR count). The van der Waals surface area contributed by atoms with Crippen LogP contribution in [0.3, 0.4) is 0 Å². The van der Waals surface area contributed by atoms with Crippen LogP contribution in [0.4, 0.5) is 11.4 Å². The van der Waals surface area contributed by atoms with E-state index in [4.69, 9.17) is 28.9 Å². The molecule has 0 aliphatic carbocycles. The molecule has 0 unspecified atom stereocenters. The lowest BCUT2D eigenvalue weighted by Gasteiger charge is -2.12. The number of rotatable bonds is 3. The lowest BCUT2D eigenvalue weighted by molar-refractivity contribution is 0.601. The summed E-state index contributed by atoms with van der Waals surface area (Å²) in [6.07, 6.45) is 0. The molecule has 0 radical (unpaired) electrons. The number of nitrogen functional groups attached to an aromatic ring is 1. The summed E-state index contributed by atoms with van der Waals surface area (Å²) in [4.78, 5) is 0.0359. The second-order valence-electron chi connectivity index (χ2n) is 4.37. The first-order chi connectivity index (χ1) is 9.70. The van der Waals surface area contributed by atoms with Gasteiger partial charge in [0.1, 0.15) is 0 Å². The molecule has 0 amide bonds. The normalized spacial score (nSPS) is 11.4. The van der Waals surface area contributed by atoms with Crippen LogP contribution in [-0.2, 0) is 10.0 Å². The van der Waals surface area contributed by atoms with Gasteiger partial charge in [-0.2, -0.15) is 0 Å². The van der Waals surface area contributed by atoms with E-state index >= 15 is 0 Å². The Labute approximate surface area is 141 Å². The van der Waals surface area contributed by atoms with Gasteiger partial charge in [0.2, 0.25) is 0 Å². The Kier molecular flexibility index (Phi) is 4.72. The van der Waals surface area contributed by atoms with Gasteiger partial charge >= 0.3 is 0 Å². The van der Waals surface area contributed by atoms with Gasteiger partial charge in [-0.3, -0.25) is 4.72 Å². The van der Waals surface area contributed by atoms with Gasteiger partial charge in [-0.15, -0.1) is 0 Å². The Balaban J connectivity index is 2.46. The van der Waals surface area contributed by atoms with Crippen LogP contribution in [0.2, 0.25) is 10.0 Å². The molecule has 0 spiro atoms. The third kappa shape index (κ3) is 3.63. The number of benzene rings is 2. The minimum Gasteiger partial charge on any atom is -0.397 e. The van der Waals surface area contributed by atoms with Crippen molar-refractivity contribution in [2.75, 3.05) is 10.5 Å². The van der Waals surface area contributed by atoms with Crippen LogP contribution < -0.4 is 10.5 Å². The molecule has 0 aliphatic heterocycles. The molecule has 0 aromatic heterocycles. The maximum atomic E-state index is 12.4. The Morgan fingerprint density at radius 1 is 1.19 bits per heavy atom. The van der Waals surface area contributed by atoms with Crippen LogP contribution in [0.25, 0.3) is 0 Å². The first kappa shape index (κ1) is 16.4. The summed E-state index contributed by atoms with van der Waals surface area (Å²) in [5.74, 6) is 0. The predicted octanol–water partition coefficient (Wildman–Crippen LogP) is 4.45. The molecule has 112 valence electrons. The highest BCUT2D eigenvalue weighted by atomic mass is 79.9. The quantitative estimate of drug-likeness (QED) is 0.735. The summed E-state index contributed by atoms with van der Waals surface area (Å²) in [6, 6.07) is 7.58. The van der Waals surface area contributed by atoms with Gasteiger partial charge in [-0.25, -0.2) is 8.42 Å². The zero-order valence-electron chi connectivity index (χ0n) is 10.8. The van der Waals surface area contributed by atoms with Crippen molar-refractivity contribution in [1.82, 2.24) is 0 Å². The molecule has 2 aromatic rings. The molecule has 21 heavy (non-hydrogen) atoms. The van der Waals surface area contributed by atoms with Gasteiger partial charge in [0.25, 0.3) is 10.0 Å². The molecule has 2 aromatic carbocycles. The molecular weight excluding hydrogens is 399 g/mol. The predicted molar refractivity (Wildman–Crippen MR) is 90.6 cm³/mol. The number of anilines is 2. The van der Waals surface area contributed by atoms with Crippen LogP contribution >= 0.6 is 39.1 Å². The van der Waals surface area contributed by atoms with Gasteiger partial charge in [0.05, 0.1) is 21.3 Å². The summed E-state index contributed by atoms with van der Waals surface area (Å²) < 4.78 is 27.9. The minimum atomic E-state index is -3.79. The smallest absolute Gasteiger partial charge is 0.262 e. The summed E-state index contributed by atoms with van der Waals surface area (Å²) >= 11 is 15.1. The number of halogens is 3. The van der Waals surface area contributed by atoms with E-state index in [0.717, 1.165) is 0 Å². The lowest BCUT2D eigenvalue weighted by atomic mass is 10.2. The van der Waals surface area contributed by atoms with E-state index in [9.17, 15) is 8.42 Å². The fraction of sp³-hybridized carbons (Fsp3) is 0.0769. The van der Waals surface area contributed by atoms with Crippen molar-refractivity contribution in [2.45, 2.75) is 11.8 Å². The third-order valence-corrected chi connectivity index (χ3v) is 5.53. The molecule has 0 aliphatic rings. The summed E-state index contributed by atoms with van der Waals surface area (Å²) in [6.45, 7) is 1.69. The van der Waals surface area contributed by atoms with E-state index in [2.05, 4.69) is 20.7 Å². The van der Waals surface area contributed by atoms with Gasteiger partial charge in [-0.05, 0) is 58.7 Å². The Hall–Kier alpha value is -0.950. The fourth-order valence-corrected chi connectivity index (χ4v) is 3.65. The van der Waals surface area contributed by atoms with Gasteiger partial charge in [0, 0.05) is 9.50 Å². The molecule has 0 atom stereocenters. The summed E-state index contributed by atoms with van der Waals surface area (Å²) in [5, 5.41) is 0.764. The lowest BCUT2D eigenvalue weighted by Crippen LogP contribution is -2.14. The van der Waals surface area contributed by atoms with E-state index in [1.54, 1.807) is 19.1 Å². The van der Waals surface area contributed by atoms with E-state index in [1.165, 1.54) is 18.2 Å². The standard InChI is InChI=1S/C13H11BrCl2N2O2S/c1-7-4-9(6-11(17)13(7)16)21(19,20)18-12-5-8(15)2-3-10(12)14/h2-6,18H,17H2,1H3. The van der Waals surface area contributed by atoms with Gasteiger partial charge in [-0.1, -0.05) is 23.2 Å². The largest absolute Gasteiger partial charge is 0.397 e. The monoisotopic (exact) mass is 408 g/mol. The molecule has 0 saturated carbocycles. The van der Waals surface area contributed by atoms with Crippen LogP contribution in [0.5, 0.6) is 0 Å². The van der Waals surface area contributed by atoms with E-state index < -0.39 is 10.0 Å². The number of hydrogen-bond acceptors (Lipinski definition) is 3. The Bertz CT molecular complexity index is 787. The first-order valence-corrected chi connectivity index (χ1v) is 8.77. The van der Waals surface area contributed by atoms with Crippen molar-refractivity contribution < 1.29 is 8.42 Å². The molecule has 0 heterocycles. The highest BCUT2D eigenvalue weighted by molar-refractivity contribution is 9.10. The average molecular weight is 410 g/mol. The van der Waals surface area contributed by atoms with E-state index in [1.807, 2.05) is 0 Å². The Morgan fingerprint density at radius 2 is 1.86 bits per heavy atom. The number of aryl methyl sites for hydroxylation is 1. The second-order valence-corrected chi connectivity index (χ2v) is 7.72. The molecular formula is C13H11BrCl2N2O2S. The van der Waals surface area contributed by atoms with Crippen molar-refractivity contribution in [3.8, 4) is 0 Å². The fourth-order valence-electron chi connectivity index (χ4n) is 1.70. The highest BCUT2D eigenvalue weighted by Crippen LogP contribution is 2.31. The molecule has 8 heteroatoms. The van der Waals surface area contributed by atoms with Gasteiger partial charge < -0.3 is 5.73 Å². The number of nitrogens with two attached hydrogens (primary N) is 1. The maximum Gasteiger partial charge on any atom is 0.262 e. The topological polar surface area (TPSA) is 72.2 Å². The summed E-state index contributed by atoms with van der Waals surface area (Å²) in [7, 11) is -3.79. The van der Waals surface area contributed by atoms with Crippen molar-refractivity contribution in [2.24, 2.45) is 0 Å². The molecule has 3 N–H and O–H groups in total. The van der Waals surface area contributed by atoms with Crippen LogP contribution in [0, 0.1) is 6.92 Å². The highest BCUT2D eigenvalue weighted by Gasteiger charge is 2.18. The number of sulfonamides is 1. The average Bonchev–Trinajstić information content (AvgIpc) is 2.39. The molecule has 0 fully saturated rings. The third-order valence-electron chi connectivity index (χ3n) is 2.74. The molecule has 0 saturated heterocycles. The van der Waals surface area contributed by atoms with Crippen LogP contribution in [-0.4, -0.2) is 8.42 Å². The zero-order valence-corrected chi connectivity index (χ0v) is 14.7. The van der Waals surface area contributed by atoms with Crippen molar-refractivity contribution in [3.63, 3.8) is 0 Å². The number of hydrogen-bond donors (Lipinski definition) is 2. The van der Waals surface area contributed by atoms with Crippen molar-refractivity contribution >= 4 is 60.5 Å². The van der Waals surface area contributed by atoms with E-state index in [-0.39, 0.29) is 10.6 Å². The van der Waals surface area contributed by atoms with Gasteiger partial charge in [0.15, 0.2) is 0 Å². The number of nitrogens with one attached hydrogen (secondary N) is 1. The van der Waals surface area contributed by atoms with Crippen molar-refractivity contribution in [1.29, 1.82) is 0 Å². The van der Waals surface area contributed by atoms with Crippen molar-refractivity contribution in [3.05, 3.63) is 50.4 Å².